The molecule has 1 nitrogen and oxygen atoms in total. The summed E-state index contributed by atoms with van der Waals surface area (Å²) >= 11 is 0. The monoisotopic (exact) mass is 261 g/mol. The molecule has 19 heavy (non-hydrogen) atoms. The van der Waals surface area contributed by atoms with Gasteiger partial charge in [-0.25, -0.2) is 0 Å². The van der Waals surface area contributed by atoms with Crippen LogP contribution in [0.4, 0.5) is 0 Å². The molecule has 0 atom stereocenters. The molecule has 0 aliphatic heterocycles. The van der Waals surface area contributed by atoms with Crippen LogP contribution in [0.1, 0.15) is 84.5 Å². The quantitative estimate of drug-likeness (QED) is 0.636. The van der Waals surface area contributed by atoms with E-state index in [0.717, 1.165) is 24.2 Å². The van der Waals surface area contributed by atoms with E-state index in [0.29, 0.717) is 0 Å². The molecule has 0 N–H and O–H groups in total. The minimum atomic E-state index is 0.0501. The summed E-state index contributed by atoms with van der Waals surface area (Å²) in [4.78, 5) is 0. The van der Waals surface area contributed by atoms with Gasteiger partial charge in [0.25, 0.3) is 0 Å². The summed E-state index contributed by atoms with van der Waals surface area (Å²) in [5.74, 6) is 2.89. The maximum Gasteiger partial charge on any atom is 0.0689 e. The zero-order chi connectivity index (χ0) is 13.7. The summed E-state index contributed by atoms with van der Waals surface area (Å²) in [6.45, 7) is 4.64. The SMILES string of the molecule is CCCC[C@]1(C#N)CC[C@@H](C2CCC(C)CC2)CC1. The second-order valence-electron chi connectivity index (χ2n) is 7.35. The lowest BCUT2D eigenvalue weighted by Gasteiger charge is -2.40. The number of nitrogens with zero attached hydrogens (tertiary/aromatic N) is 1. The van der Waals surface area contributed by atoms with E-state index in [1.54, 1.807) is 0 Å². The van der Waals surface area contributed by atoms with E-state index in [2.05, 4.69) is 19.9 Å². The molecule has 0 amide bonds. The van der Waals surface area contributed by atoms with Crippen molar-refractivity contribution in [3.63, 3.8) is 0 Å². The molecule has 0 aromatic rings. The largest absolute Gasteiger partial charge is 0.198 e. The Morgan fingerprint density at radius 1 is 1.00 bits per heavy atom. The summed E-state index contributed by atoms with van der Waals surface area (Å²) < 4.78 is 0. The van der Waals surface area contributed by atoms with Crippen molar-refractivity contribution >= 4 is 0 Å². The van der Waals surface area contributed by atoms with Crippen LogP contribution in [0.3, 0.4) is 0 Å². The highest BCUT2D eigenvalue weighted by atomic mass is 14.4. The molecule has 2 aliphatic rings. The van der Waals surface area contributed by atoms with Crippen LogP contribution in [-0.4, -0.2) is 0 Å². The van der Waals surface area contributed by atoms with Crippen LogP contribution < -0.4 is 0 Å². The van der Waals surface area contributed by atoms with E-state index in [4.69, 9.17) is 0 Å². The average molecular weight is 261 g/mol. The third-order valence-corrected chi connectivity index (χ3v) is 5.96. The predicted octanol–water partition coefficient (Wildman–Crippen LogP) is 5.70. The van der Waals surface area contributed by atoms with Crippen molar-refractivity contribution in [2.45, 2.75) is 84.5 Å². The fourth-order valence-corrected chi connectivity index (χ4v) is 4.35. The Labute approximate surface area is 119 Å². The first kappa shape index (κ1) is 14.9. The van der Waals surface area contributed by atoms with Gasteiger partial charge in [-0.2, -0.15) is 5.26 Å². The number of rotatable bonds is 4. The van der Waals surface area contributed by atoms with Gasteiger partial charge in [0.2, 0.25) is 0 Å². The minimum absolute atomic E-state index is 0.0501. The molecule has 2 fully saturated rings. The zero-order valence-corrected chi connectivity index (χ0v) is 13.0. The van der Waals surface area contributed by atoms with Crippen molar-refractivity contribution in [3.05, 3.63) is 0 Å². The Bertz CT molecular complexity index is 298. The first-order valence-electron chi connectivity index (χ1n) is 8.60. The van der Waals surface area contributed by atoms with Gasteiger partial charge >= 0.3 is 0 Å². The highest BCUT2D eigenvalue weighted by Gasteiger charge is 2.37. The van der Waals surface area contributed by atoms with E-state index in [-0.39, 0.29) is 5.41 Å². The van der Waals surface area contributed by atoms with Crippen molar-refractivity contribution in [3.8, 4) is 6.07 Å². The Balaban J connectivity index is 1.82. The average Bonchev–Trinajstić information content (AvgIpc) is 2.47. The van der Waals surface area contributed by atoms with Gasteiger partial charge in [0.05, 0.1) is 11.5 Å². The normalized spacial score (nSPS) is 39.7. The molecule has 108 valence electrons. The van der Waals surface area contributed by atoms with E-state index < -0.39 is 0 Å². The van der Waals surface area contributed by atoms with Gasteiger partial charge in [-0.3, -0.25) is 0 Å². The summed E-state index contributed by atoms with van der Waals surface area (Å²) in [5, 5.41) is 9.55. The molecule has 2 aliphatic carbocycles. The molecule has 0 aromatic heterocycles. The number of hydrogen-bond acceptors (Lipinski definition) is 1. The fourth-order valence-electron chi connectivity index (χ4n) is 4.35. The molecule has 0 unspecified atom stereocenters. The molecule has 2 saturated carbocycles. The van der Waals surface area contributed by atoms with Crippen LogP contribution in [0.2, 0.25) is 0 Å². The summed E-state index contributed by atoms with van der Waals surface area (Å²) in [6, 6.07) is 2.68. The number of hydrogen-bond donors (Lipinski definition) is 0. The maximum atomic E-state index is 9.55. The first-order valence-corrected chi connectivity index (χ1v) is 8.60. The van der Waals surface area contributed by atoms with Crippen LogP contribution in [-0.2, 0) is 0 Å². The fraction of sp³-hybridized carbons (Fsp3) is 0.944. The van der Waals surface area contributed by atoms with Gasteiger partial charge in [0.1, 0.15) is 0 Å². The van der Waals surface area contributed by atoms with Gasteiger partial charge in [0, 0.05) is 0 Å². The molecule has 0 bridgehead atoms. The van der Waals surface area contributed by atoms with Crippen molar-refractivity contribution in [1.82, 2.24) is 0 Å². The second kappa shape index (κ2) is 6.78. The molecule has 0 radical (unpaired) electrons. The molecule has 0 heterocycles. The molecule has 2 rings (SSSR count). The lowest BCUT2D eigenvalue weighted by molar-refractivity contribution is 0.119. The van der Waals surface area contributed by atoms with Crippen molar-refractivity contribution in [2.24, 2.45) is 23.2 Å². The maximum absolute atomic E-state index is 9.55. The van der Waals surface area contributed by atoms with E-state index in [1.807, 2.05) is 0 Å². The Hall–Kier alpha value is -0.510. The van der Waals surface area contributed by atoms with Gasteiger partial charge in [-0.15, -0.1) is 0 Å². The summed E-state index contributed by atoms with van der Waals surface area (Å²) in [7, 11) is 0. The summed E-state index contributed by atoms with van der Waals surface area (Å²) in [5.41, 5.74) is 0.0501. The van der Waals surface area contributed by atoms with Gasteiger partial charge < -0.3 is 0 Å². The smallest absolute Gasteiger partial charge is 0.0689 e. The zero-order valence-electron chi connectivity index (χ0n) is 13.0. The standard InChI is InChI=1S/C18H31N/c1-3-4-11-18(14-19)12-9-17(10-13-18)16-7-5-15(2)6-8-16/h15-17H,3-13H2,1-2H3/t15?,16?,17-,18+. The third kappa shape index (κ3) is 3.74. The van der Waals surface area contributed by atoms with Crippen LogP contribution in [0, 0.1) is 34.5 Å². The molecular formula is C18H31N. The van der Waals surface area contributed by atoms with E-state index in [1.165, 1.54) is 64.2 Å². The van der Waals surface area contributed by atoms with Crippen LogP contribution >= 0.6 is 0 Å². The predicted molar refractivity (Wildman–Crippen MR) is 80.7 cm³/mol. The Kier molecular flexibility index (Phi) is 5.31. The number of nitriles is 1. The van der Waals surface area contributed by atoms with Gasteiger partial charge in [0.15, 0.2) is 0 Å². The number of unbranched alkanes of at least 4 members (excludes halogenated alkanes) is 1. The Morgan fingerprint density at radius 3 is 2.11 bits per heavy atom. The van der Waals surface area contributed by atoms with Gasteiger partial charge in [-0.05, 0) is 62.7 Å². The molecule has 0 spiro atoms. The van der Waals surface area contributed by atoms with Crippen molar-refractivity contribution in [2.75, 3.05) is 0 Å². The highest BCUT2D eigenvalue weighted by molar-refractivity contribution is 5.02. The van der Waals surface area contributed by atoms with Crippen LogP contribution in [0.5, 0.6) is 0 Å². The Morgan fingerprint density at radius 2 is 1.58 bits per heavy atom. The summed E-state index contributed by atoms with van der Waals surface area (Å²) in [6.07, 6.45) is 14.4. The van der Waals surface area contributed by atoms with E-state index in [9.17, 15) is 5.26 Å². The second-order valence-corrected chi connectivity index (χ2v) is 7.35. The molecule has 1 heteroatoms. The van der Waals surface area contributed by atoms with Gasteiger partial charge in [-0.1, -0.05) is 39.5 Å². The molecule has 0 saturated heterocycles. The van der Waals surface area contributed by atoms with Crippen molar-refractivity contribution < 1.29 is 0 Å². The lowest BCUT2D eigenvalue weighted by Crippen LogP contribution is -2.30. The minimum Gasteiger partial charge on any atom is -0.198 e. The van der Waals surface area contributed by atoms with Crippen LogP contribution in [0.15, 0.2) is 0 Å². The molecule has 0 aromatic carbocycles. The van der Waals surface area contributed by atoms with Crippen LogP contribution in [0.25, 0.3) is 0 Å². The first-order chi connectivity index (χ1) is 9.19. The van der Waals surface area contributed by atoms with Crippen molar-refractivity contribution in [1.29, 1.82) is 5.26 Å². The van der Waals surface area contributed by atoms with E-state index >= 15 is 0 Å². The topological polar surface area (TPSA) is 23.8 Å². The molecular weight excluding hydrogens is 230 g/mol. The lowest BCUT2D eigenvalue weighted by atomic mass is 9.64. The third-order valence-electron chi connectivity index (χ3n) is 5.96. The highest BCUT2D eigenvalue weighted by Crippen LogP contribution is 2.47.